The van der Waals surface area contributed by atoms with Crippen molar-refractivity contribution in [2.45, 2.75) is 50.9 Å². The van der Waals surface area contributed by atoms with Crippen molar-refractivity contribution in [3.05, 3.63) is 35.9 Å². The zero-order valence-corrected chi connectivity index (χ0v) is 12.6. The molecule has 4 aliphatic carbocycles. The largest absolute Gasteiger partial charge is 0.299 e. The van der Waals surface area contributed by atoms with Gasteiger partial charge in [0, 0.05) is 11.8 Å². The van der Waals surface area contributed by atoms with Crippen LogP contribution in [0.1, 0.15) is 56.4 Å². The zero-order valence-electron chi connectivity index (χ0n) is 12.6. The van der Waals surface area contributed by atoms with Crippen LogP contribution in [0.4, 0.5) is 0 Å². The lowest BCUT2D eigenvalue weighted by Crippen LogP contribution is -2.60. The molecule has 1 nitrogen and oxygen atoms in total. The summed E-state index contributed by atoms with van der Waals surface area (Å²) in [5.41, 5.74) is 1.72. The first kappa shape index (κ1) is 12.4. The van der Waals surface area contributed by atoms with Crippen molar-refractivity contribution < 1.29 is 4.79 Å². The van der Waals surface area contributed by atoms with Crippen LogP contribution in [-0.2, 0) is 4.79 Å². The molecule has 110 valence electrons. The SMILES string of the molecule is O=C1CCC[C@@H]2[C@@H]([C@@H]3C[C@H]3c3ccccc3)[C@@H]3CCC[C@@]123. The Morgan fingerprint density at radius 3 is 2.57 bits per heavy atom. The average molecular weight is 280 g/mol. The van der Waals surface area contributed by atoms with Gasteiger partial charge in [0.25, 0.3) is 0 Å². The van der Waals surface area contributed by atoms with Crippen molar-refractivity contribution in [1.29, 1.82) is 0 Å². The van der Waals surface area contributed by atoms with Crippen LogP contribution in [0.15, 0.2) is 30.3 Å². The lowest BCUT2D eigenvalue weighted by Gasteiger charge is -2.61. The van der Waals surface area contributed by atoms with Crippen LogP contribution in [0.5, 0.6) is 0 Å². The first-order chi connectivity index (χ1) is 10.3. The minimum absolute atomic E-state index is 0.173. The van der Waals surface area contributed by atoms with E-state index in [0.29, 0.717) is 5.78 Å². The standard InChI is InChI=1S/C20H24O/c21-18-10-4-8-16-19(17-9-5-11-20(16,17)18)15-12-14(15)13-6-2-1-3-7-13/h1-3,6-7,14-17,19H,4-5,8-12H2/t14-,15+,16+,17-,19+,20+/m0/s1. The molecule has 0 bridgehead atoms. The molecule has 1 aromatic carbocycles. The summed E-state index contributed by atoms with van der Waals surface area (Å²) >= 11 is 0. The minimum Gasteiger partial charge on any atom is -0.299 e. The van der Waals surface area contributed by atoms with Gasteiger partial charge < -0.3 is 0 Å². The Morgan fingerprint density at radius 1 is 1.00 bits per heavy atom. The quantitative estimate of drug-likeness (QED) is 0.775. The van der Waals surface area contributed by atoms with Crippen LogP contribution in [0.25, 0.3) is 0 Å². The molecule has 0 heterocycles. The second kappa shape index (κ2) is 4.21. The second-order valence-electron chi connectivity index (χ2n) is 7.96. The van der Waals surface area contributed by atoms with Crippen molar-refractivity contribution in [2.24, 2.45) is 29.1 Å². The van der Waals surface area contributed by atoms with Gasteiger partial charge in [-0.1, -0.05) is 36.8 Å². The predicted molar refractivity (Wildman–Crippen MR) is 82.9 cm³/mol. The molecule has 1 aromatic rings. The van der Waals surface area contributed by atoms with Crippen LogP contribution in [-0.4, -0.2) is 5.78 Å². The zero-order chi connectivity index (χ0) is 14.0. The van der Waals surface area contributed by atoms with Crippen LogP contribution in [0.3, 0.4) is 0 Å². The lowest BCUT2D eigenvalue weighted by atomic mass is 9.42. The van der Waals surface area contributed by atoms with Gasteiger partial charge in [-0.15, -0.1) is 0 Å². The Balaban J connectivity index is 1.41. The van der Waals surface area contributed by atoms with Gasteiger partial charge in [-0.2, -0.15) is 0 Å². The van der Waals surface area contributed by atoms with E-state index in [0.717, 1.165) is 42.4 Å². The second-order valence-corrected chi connectivity index (χ2v) is 7.96. The maximum absolute atomic E-state index is 12.6. The summed E-state index contributed by atoms with van der Waals surface area (Å²) in [5.74, 6) is 4.72. The van der Waals surface area contributed by atoms with E-state index in [4.69, 9.17) is 0 Å². The molecule has 0 unspecified atom stereocenters. The Bertz CT molecular complexity index is 577. The summed E-state index contributed by atoms with van der Waals surface area (Å²) in [5, 5.41) is 0. The van der Waals surface area contributed by atoms with E-state index in [9.17, 15) is 4.79 Å². The molecule has 1 heteroatoms. The van der Waals surface area contributed by atoms with E-state index in [1.807, 2.05) is 0 Å². The normalized spacial score (nSPS) is 47.4. The summed E-state index contributed by atoms with van der Waals surface area (Å²) in [7, 11) is 0. The molecule has 0 aliphatic heterocycles. The Morgan fingerprint density at radius 2 is 1.76 bits per heavy atom. The Labute approximate surface area is 127 Å². The maximum atomic E-state index is 12.6. The first-order valence-electron chi connectivity index (χ1n) is 8.90. The Kier molecular flexibility index (Phi) is 2.49. The van der Waals surface area contributed by atoms with Gasteiger partial charge in [0.2, 0.25) is 0 Å². The minimum atomic E-state index is 0.173. The number of rotatable bonds is 2. The molecule has 0 radical (unpaired) electrons. The highest BCUT2D eigenvalue weighted by atomic mass is 16.1. The fourth-order valence-corrected chi connectivity index (χ4v) is 6.60. The number of hydrogen-bond acceptors (Lipinski definition) is 1. The molecule has 0 amide bonds. The van der Waals surface area contributed by atoms with Gasteiger partial charge in [0.1, 0.15) is 5.78 Å². The molecule has 5 rings (SSSR count). The molecular formula is C20H24O. The van der Waals surface area contributed by atoms with Crippen molar-refractivity contribution >= 4 is 5.78 Å². The number of benzene rings is 1. The molecule has 21 heavy (non-hydrogen) atoms. The van der Waals surface area contributed by atoms with Crippen LogP contribution < -0.4 is 0 Å². The lowest BCUT2D eigenvalue weighted by molar-refractivity contribution is -0.170. The number of ketones is 1. The van der Waals surface area contributed by atoms with Gasteiger partial charge >= 0.3 is 0 Å². The van der Waals surface area contributed by atoms with Crippen LogP contribution in [0.2, 0.25) is 0 Å². The number of carbonyl (C=O) groups is 1. The average Bonchev–Trinajstić information content (AvgIpc) is 3.19. The topological polar surface area (TPSA) is 17.1 Å². The third kappa shape index (κ3) is 1.50. The number of carbonyl (C=O) groups excluding carboxylic acids is 1. The molecule has 4 fully saturated rings. The molecule has 1 spiro atoms. The van der Waals surface area contributed by atoms with Crippen molar-refractivity contribution in [3.8, 4) is 0 Å². The van der Waals surface area contributed by atoms with Gasteiger partial charge in [-0.3, -0.25) is 4.79 Å². The monoisotopic (exact) mass is 280 g/mol. The van der Waals surface area contributed by atoms with E-state index in [1.165, 1.54) is 32.1 Å². The first-order valence-corrected chi connectivity index (χ1v) is 8.90. The van der Waals surface area contributed by atoms with Crippen molar-refractivity contribution in [1.82, 2.24) is 0 Å². The van der Waals surface area contributed by atoms with Crippen LogP contribution in [0, 0.1) is 29.1 Å². The summed E-state index contributed by atoms with van der Waals surface area (Å²) in [6.45, 7) is 0. The van der Waals surface area contributed by atoms with Gasteiger partial charge in [-0.05, 0) is 67.3 Å². The summed E-state index contributed by atoms with van der Waals surface area (Å²) in [6, 6.07) is 11.1. The van der Waals surface area contributed by atoms with Crippen molar-refractivity contribution in [2.75, 3.05) is 0 Å². The highest BCUT2D eigenvalue weighted by molar-refractivity contribution is 5.88. The fraction of sp³-hybridized carbons (Fsp3) is 0.650. The summed E-state index contributed by atoms with van der Waals surface area (Å²) in [6.07, 6.45) is 8.64. The number of Topliss-reactive ketones (excluding diaryl/α,β-unsaturated/α-hetero) is 1. The van der Waals surface area contributed by atoms with E-state index in [1.54, 1.807) is 5.56 Å². The summed E-state index contributed by atoms with van der Waals surface area (Å²) < 4.78 is 0. The molecule has 6 atom stereocenters. The van der Waals surface area contributed by atoms with Gasteiger partial charge in [0.05, 0.1) is 0 Å². The third-order valence-corrected chi connectivity index (χ3v) is 7.36. The predicted octanol–water partition coefficient (Wildman–Crippen LogP) is 4.58. The van der Waals surface area contributed by atoms with E-state index in [-0.39, 0.29) is 5.41 Å². The number of hydrogen-bond donors (Lipinski definition) is 0. The van der Waals surface area contributed by atoms with E-state index < -0.39 is 0 Å². The van der Waals surface area contributed by atoms with E-state index >= 15 is 0 Å². The highest BCUT2D eigenvalue weighted by Gasteiger charge is 2.70. The molecule has 4 saturated carbocycles. The fourth-order valence-electron chi connectivity index (χ4n) is 6.60. The molecule has 0 N–H and O–H groups in total. The Hall–Kier alpha value is -1.11. The molecule has 0 aromatic heterocycles. The van der Waals surface area contributed by atoms with Gasteiger partial charge in [0.15, 0.2) is 0 Å². The van der Waals surface area contributed by atoms with Crippen LogP contribution >= 0.6 is 0 Å². The van der Waals surface area contributed by atoms with Gasteiger partial charge in [-0.25, -0.2) is 0 Å². The summed E-state index contributed by atoms with van der Waals surface area (Å²) in [4.78, 5) is 12.6. The molecule has 4 aliphatic rings. The van der Waals surface area contributed by atoms with E-state index in [2.05, 4.69) is 30.3 Å². The third-order valence-electron chi connectivity index (χ3n) is 7.36. The molecule has 0 saturated heterocycles. The molecular weight excluding hydrogens is 256 g/mol. The smallest absolute Gasteiger partial charge is 0.139 e. The van der Waals surface area contributed by atoms with Crippen molar-refractivity contribution in [3.63, 3.8) is 0 Å². The maximum Gasteiger partial charge on any atom is 0.139 e. The highest BCUT2D eigenvalue weighted by Crippen LogP contribution is 2.74.